The molecule has 1 N–H and O–H groups in total. The number of pyridine rings is 1. The Morgan fingerprint density at radius 1 is 1.19 bits per heavy atom. The van der Waals surface area contributed by atoms with Gasteiger partial charge in [-0.15, -0.1) is 0 Å². The summed E-state index contributed by atoms with van der Waals surface area (Å²) in [5, 5.41) is 0.841. The van der Waals surface area contributed by atoms with Gasteiger partial charge in [-0.1, -0.05) is 6.92 Å². The van der Waals surface area contributed by atoms with Crippen molar-refractivity contribution >= 4 is 28.0 Å². The van der Waals surface area contributed by atoms with Crippen LogP contribution in [0.4, 0.5) is 0 Å². The molecule has 166 valence electrons. The number of likely N-dealkylation sites (tertiary alicyclic amines) is 1. The van der Waals surface area contributed by atoms with Crippen LogP contribution in [0, 0.1) is 0 Å². The first-order chi connectivity index (χ1) is 15.6. The van der Waals surface area contributed by atoms with Gasteiger partial charge in [0.15, 0.2) is 17.1 Å². The van der Waals surface area contributed by atoms with Gasteiger partial charge in [-0.2, -0.15) is 0 Å². The fourth-order valence-corrected chi connectivity index (χ4v) is 4.75. The van der Waals surface area contributed by atoms with E-state index in [2.05, 4.69) is 21.5 Å². The van der Waals surface area contributed by atoms with Gasteiger partial charge < -0.3 is 23.9 Å². The maximum Gasteiger partial charge on any atom is 0.270 e. The van der Waals surface area contributed by atoms with E-state index < -0.39 is 0 Å². The Bertz CT molecular complexity index is 1280. The fraction of sp³-hybridized carbons (Fsp3) is 0.375. The lowest BCUT2D eigenvalue weighted by atomic mass is 10.0. The second kappa shape index (κ2) is 8.18. The van der Waals surface area contributed by atoms with Crippen LogP contribution in [0.3, 0.4) is 0 Å². The van der Waals surface area contributed by atoms with Gasteiger partial charge in [0.25, 0.3) is 5.91 Å². The molecular weight excluding hydrogens is 406 g/mol. The molecule has 1 fully saturated rings. The standard InChI is InChI=1S/C24H27N5O3/c1-4-21-27-18-6-5-11-25-23(18)29(21)15-9-12-28(13-10-15)24(30)19-14-16-17(26-19)7-8-20(31-2)22(16)32-3/h5-8,11,14-15,26H,4,9-10,12-13H2,1-3H3. The molecule has 0 radical (unpaired) electrons. The quantitative estimate of drug-likeness (QED) is 0.515. The van der Waals surface area contributed by atoms with Crippen LogP contribution in [-0.2, 0) is 6.42 Å². The Kier molecular flexibility index (Phi) is 5.20. The second-order valence-corrected chi connectivity index (χ2v) is 8.07. The lowest BCUT2D eigenvalue weighted by molar-refractivity contribution is 0.0690. The molecule has 4 aromatic rings. The normalized spacial score (nSPS) is 14.9. The minimum Gasteiger partial charge on any atom is -0.493 e. The molecule has 1 amide bonds. The van der Waals surface area contributed by atoms with E-state index in [9.17, 15) is 4.79 Å². The molecule has 32 heavy (non-hydrogen) atoms. The Hall–Kier alpha value is -3.55. The maximum atomic E-state index is 13.2. The molecule has 0 atom stereocenters. The van der Waals surface area contributed by atoms with Gasteiger partial charge >= 0.3 is 0 Å². The molecule has 0 aliphatic carbocycles. The van der Waals surface area contributed by atoms with E-state index in [0.717, 1.165) is 47.2 Å². The van der Waals surface area contributed by atoms with Crippen molar-refractivity contribution in [2.45, 2.75) is 32.2 Å². The lowest BCUT2D eigenvalue weighted by Gasteiger charge is -2.33. The number of piperidine rings is 1. The monoisotopic (exact) mass is 433 g/mol. The van der Waals surface area contributed by atoms with Gasteiger partial charge in [-0.25, -0.2) is 9.97 Å². The van der Waals surface area contributed by atoms with Gasteiger partial charge in [0, 0.05) is 37.1 Å². The van der Waals surface area contributed by atoms with E-state index in [1.54, 1.807) is 14.2 Å². The van der Waals surface area contributed by atoms with Gasteiger partial charge in [-0.05, 0) is 43.2 Å². The highest BCUT2D eigenvalue weighted by Crippen LogP contribution is 2.36. The average molecular weight is 434 g/mol. The molecule has 1 saturated heterocycles. The molecule has 1 aliphatic heterocycles. The van der Waals surface area contributed by atoms with Crippen molar-refractivity contribution < 1.29 is 14.3 Å². The summed E-state index contributed by atoms with van der Waals surface area (Å²) in [5.41, 5.74) is 3.29. The lowest BCUT2D eigenvalue weighted by Crippen LogP contribution is -2.39. The minimum atomic E-state index is 0.00463. The topological polar surface area (TPSA) is 85.3 Å². The van der Waals surface area contributed by atoms with Gasteiger partial charge in [0.1, 0.15) is 17.0 Å². The molecule has 0 unspecified atom stereocenters. The van der Waals surface area contributed by atoms with Crippen molar-refractivity contribution in [3.63, 3.8) is 0 Å². The Morgan fingerprint density at radius 2 is 2.00 bits per heavy atom. The zero-order chi connectivity index (χ0) is 22.2. The Balaban J connectivity index is 1.36. The number of aromatic nitrogens is 4. The van der Waals surface area contributed by atoms with Crippen LogP contribution in [0.1, 0.15) is 42.1 Å². The third-order valence-corrected chi connectivity index (χ3v) is 6.33. The van der Waals surface area contributed by atoms with Crippen LogP contribution in [-0.4, -0.2) is 57.6 Å². The summed E-state index contributed by atoms with van der Waals surface area (Å²) in [7, 11) is 3.21. The SMILES string of the molecule is CCc1nc2cccnc2n1C1CCN(C(=O)c2cc3c(OC)c(OC)ccc3[nH]2)CC1. The van der Waals surface area contributed by atoms with Crippen LogP contribution in [0.15, 0.2) is 36.5 Å². The molecule has 8 nitrogen and oxygen atoms in total. The Morgan fingerprint density at radius 3 is 2.72 bits per heavy atom. The predicted octanol–water partition coefficient (Wildman–Crippen LogP) is 3.97. The molecule has 0 bridgehead atoms. The van der Waals surface area contributed by atoms with Crippen LogP contribution in [0.5, 0.6) is 11.5 Å². The van der Waals surface area contributed by atoms with Crippen LogP contribution in [0.2, 0.25) is 0 Å². The number of imidazole rings is 1. The van der Waals surface area contributed by atoms with Crippen molar-refractivity contribution in [3.8, 4) is 11.5 Å². The molecule has 4 heterocycles. The highest BCUT2D eigenvalue weighted by Gasteiger charge is 2.28. The summed E-state index contributed by atoms with van der Waals surface area (Å²) in [4.78, 5) is 27.7. The Labute approximate surface area is 186 Å². The van der Waals surface area contributed by atoms with Crippen LogP contribution in [0.25, 0.3) is 22.1 Å². The first-order valence-electron chi connectivity index (χ1n) is 11.0. The number of fused-ring (bicyclic) bond motifs is 2. The number of carbonyl (C=O) groups is 1. The fourth-order valence-electron chi connectivity index (χ4n) is 4.75. The highest BCUT2D eigenvalue weighted by molar-refractivity contribution is 6.00. The third kappa shape index (κ3) is 3.26. The number of aryl methyl sites for hydroxylation is 1. The van der Waals surface area contributed by atoms with Crippen molar-refractivity contribution in [1.82, 2.24) is 24.4 Å². The van der Waals surface area contributed by atoms with E-state index in [1.807, 2.05) is 41.4 Å². The molecule has 8 heteroatoms. The zero-order valence-corrected chi connectivity index (χ0v) is 18.6. The number of methoxy groups -OCH3 is 2. The molecule has 5 rings (SSSR count). The number of nitrogens with one attached hydrogen (secondary N) is 1. The number of carbonyl (C=O) groups excluding carboxylic acids is 1. The van der Waals surface area contributed by atoms with Gasteiger partial charge in [0.05, 0.1) is 19.7 Å². The first-order valence-corrected chi connectivity index (χ1v) is 11.0. The van der Waals surface area contributed by atoms with Crippen molar-refractivity contribution in [2.75, 3.05) is 27.3 Å². The number of amides is 1. The molecule has 0 saturated carbocycles. The first kappa shape index (κ1) is 20.4. The summed E-state index contributed by atoms with van der Waals surface area (Å²) in [6.07, 6.45) is 4.42. The maximum absolute atomic E-state index is 13.2. The largest absolute Gasteiger partial charge is 0.493 e. The number of ether oxygens (including phenoxy) is 2. The van der Waals surface area contributed by atoms with E-state index in [0.29, 0.717) is 36.3 Å². The minimum absolute atomic E-state index is 0.00463. The highest BCUT2D eigenvalue weighted by atomic mass is 16.5. The number of hydrogen-bond donors (Lipinski definition) is 1. The molecule has 0 spiro atoms. The number of rotatable bonds is 5. The molecule has 1 aliphatic rings. The van der Waals surface area contributed by atoms with Gasteiger partial charge in [-0.3, -0.25) is 4.79 Å². The summed E-state index contributed by atoms with van der Waals surface area (Å²) in [6.45, 7) is 3.50. The molecule has 3 aromatic heterocycles. The number of nitrogens with zero attached hydrogens (tertiary/aromatic N) is 4. The smallest absolute Gasteiger partial charge is 0.270 e. The van der Waals surface area contributed by atoms with E-state index in [1.165, 1.54) is 0 Å². The number of benzene rings is 1. The number of H-pyrrole nitrogens is 1. The second-order valence-electron chi connectivity index (χ2n) is 8.07. The molecular formula is C24H27N5O3. The van der Waals surface area contributed by atoms with Gasteiger partial charge in [0.2, 0.25) is 0 Å². The zero-order valence-electron chi connectivity index (χ0n) is 18.6. The van der Waals surface area contributed by atoms with Crippen LogP contribution >= 0.6 is 0 Å². The van der Waals surface area contributed by atoms with Crippen molar-refractivity contribution in [3.05, 3.63) is 48.0 Å². The van der Waals surface area contributed by atoms with Crippen LogP contribution < -0.4 is 9.47 Å². The summed E-state index contributed by atoms with van der Waals surface area (Å²) in [5.74, 6) is 2.34. The third-order valence-electron chi connectivity index (χ3n) is 6.33. The van der Waals surface area contributed by atoms with E-state index in [4.69, 9.17) is 14.5 Å². The summed E-state index contributed by atoms with van der Waals surface area (Å²) < 4.78 is 13.2. The van der Waals surface area contributed by atoms with Crippen molar-refractivity contribution in [2.24, 2.45) is 0 Å². The average Bonchev–Trinajstić information content (AvgIpc) is 3.44. The molecule has 1 aromatic carbocycles. The predicted molar refractivity (Wildman–Crippen MR) is 122 cm³/mol. The van der Waals surface area contributed by atoms with E-state index in [-0.39, 0.29) is 5.91 Å². The number of hydrogen-bond acceptors (Lipinski definition) is 5. The van der Waals surface area contributed by atoms with E-state index >= 15 is 0 Å². The van der Waals surface area contributed by atoms with Crippen molar-refractivity contribution in [1.29, 1.82) is 0 Å². The summed E-state index contributed by atoms with van der Waals surface area (Å²) in [6, 6.07) is 9.82. The number of aromatic amines is 1. The summed E-state index contributed by atoms with van der Waals surface area (Å²) >= 11 is 0.